The van der Waals surface area contributed by atoms with Gasteiger partial charge in [0.1, 0.15) is 6.04 Å². The van der Waals surface area contributed by atoms with Crippen molar-refractivity contribution >= 4 is 45.9 Å². The van der Waals surface area contributed by atoms with Gasteiger partial charge in [-0.2, -0.15) is 5.10 Å². The first-order valence-corrected chi connectivity index (χ1v) is 13.5. The van der Waals surface area contributed by atoms with Crippen LogP contribution >= 0.6 is 0 Å². The number of hydrogen-bond donors (Lipinski definition) is 2. The first kappa shape index (κ1) is 25.1. The average Bonchev–Trinajstić information content (AvgIpc) is 3.68. The van der Waals surface area contributed by atoms with Gasteiger partial charge in [-0.05, 0) is 61.7 Å². The second kappa shape index (κ2) is 9.63. The normalized spacial score (nSPS) is 20.6. The Morgan fingerprint density at radius 1 is 1.00 bits per heavy atom. The van der Waals surface area contributed by atoms with Crippen molar-refractivity contribution in [3.63, 3.8) is 0 Å². The van der Waals surface area contributed by atoms with Gasteiger partial charge in [-0.15, -0.1) is 0 Å². The summed E-state index contributed by atoms with van der Waals surface area (Å²) in [5, 5.41) is 11.2. The quantitative estimate of drug-likeness (QED) is 0.361. The molecule has 0 spiro atoms. The van der Waals surface area contributed by atoms with Gasteiger partial charge in [-0.3, -0.25) is 39.1 Å². The van der Waals surface area contributed by atoms with Crippen LogP contribution in [0.1, 0.15) is 51.7 Å². The summed E-state index contributed by atoms with van der Waals surface area (Å²) in [6.45, 7) is 3.23. The summed E-state index contributed by atoms with van der Waals surface area (Å²) < 4.78 is 7.61. The molecule has 0 saturated carbocycles. The summed E-state index contributed by atoms with van der Waals surface area (Å²) in [5.41, 5.74) is 5.19. The fraction of sp³-hybridized carbons (Fsp3) is 0.267. The molecular weight excluding hydrogens is 524 g/mol. The molecule has 2 fully saturated rings. The van der Waals surface area contributed by atoms with E-state index in [-0.39, 0.29) is 30.0 Å². The van der Waals surface area contributed by atoms with Crippen LogP contribution in [0.4, 0.5) is 11.4 Å². The Bertz CT molecular complexity index is 1770. The number of amides is 4. The zero-order valence-corrected chi connectivity index (χ0v) is 22.2. The number of fused-ring (bicyclic) bond motifs is 2. The van der Waals surface area contributed by atoms with Gasteiger partial charge in [0.15, 0.2) is 0 Å². The largest absolute Gasteiger partial charge is 0.379 e. The number of carbonyl (C=O) groups is 4. The molecule has 4 amide bonds. The Morgan fingerprint density at radius 3 is 2.66 bits per heavy atom. The van der Waals surface area contributed by atoms with Crippen LogP contribution in [0.25, 0.3) is 22.0 Å². The van der Waals surface area contributed by atoms with Crippen LogP contribution in [0.5, 0.6) is 0 Å². The van der Waals surface area contributed by atoms with E-state index in [1.807, 2.05) is 36.0 Å². The van der Waals surface area contributed by atoms with Crippen LogP contribution in [0, 0.1) is 6.92 Å². The van der Waals surface area contributed by atoms with Crippen molar-refractivity contribution in [2.45, 2.75) is 38.3 Å². The number of carbonyl (C=O) groups excluding carboxylic acids is 4. The van der Waals surface area contributed by atoms with Crippen LogP contribution in [0.3, 0.4) is 0 Å². The van der Waals surface area contributed by atoms with E-state index in [1.165, 1.54) is 0 Å². The molecule has 0 bridgehead atoms. The van der Waals surface area contributed by atoms with Gasteiger partial charge in [0, 0.05) is 41.6 Å². The molecule has 3 aliphatic rings. The number of aromatic nitrogens is 3. The number of hydrogen-bond acceptors (Lipinski definition) is 8. The number of imide groups is 2. The van der Waals surface area contributed by atoms with E-state index in [1.54, 1.807) is 24.4 Å². The molecule has 1 unspecified atom stereocenters. The zero-order valence-electron chi connectivity index (χ0n) is 22.2. The van der Waals surface area contributed by atoms with Gasteiger partial charge in [-0.25, -0.2) is 0 Å². The standard InChI is InChI=1S/C30H26N6O5/c1-16-11-17(7-9-31-16)21-13-25-18(14-32-36(25)19-8-10-41-15-19)12-23(21)33-22-4-2-3-20-27(22)30(40)35(29(20)39)24-5-6-26(37)34-28(24)38/h2-4,7,9,11-14,19,24,33H,5-6,8,10,15H2,1H3,(H,34,37,38)/t19-,24?/m1/s1. The van der Waals surface area contributed by atoms with Gasteiger partial charge in [0.05, 0.1) is 41.2 Å². The summed E-state index contributed by atoms with van der Waals surface area (Å²) in [7, 11) is 0. The lowest BCUT2D eigenvalue weighted by atomic mass is 10.0. The molecule has 41 heavy (non-hydrogen) atoms. The molecule has 3 aliphatic heterocycles. The number of benzene rings is 2. The third-order valence-electron chi connectivity index (χ3n) is 7.93. The van der Waals surface area contributed by atoms with Crippen molar-refractivity contribution in [3.05, 3.63) is 71.7 Å². The lowest BCUT2D eigenvalue weighted by Crippen LogP contribution is -2.54. The minimum absolute atomic E-state index is 0.0598. The highest BCUT2D eigenvalue weighted by Crippen LogP contribution is 2.39. The van der Waals surface area contributed by atoms with E-state index in [2.05, 4.69) is 26.8 Å². The molecule has 11 nitrogen and oxygen atoms in total. The molecule has 2 aromatic carbocycles. The van der Waals surface area contributed by atoms with Crippen molar-refractivity contribution in [3.8, 4) is 11.1 Å². The number of piperidine rings is 1. The van der Waals surface area contributed by atoms with Crippen LogP contribution in [0.2, 0.25) is 0 Å². The summed E-state index contributed by atoms with van der Waals surface area (Å²) in [6.07, 6.45) is 4.61. The minimum Gasteiger partial charge on any atom is -0.379 e. The van der Waals surface area contributed by atoms with E-state index >= 15 is 0 Å². The van der Waals surface area contributed by atoms with Crippen LogP contribution in [0.15, 0.2) is 54.9 Å². The maximum Gasteiger partial charge on any atom is 0.264 e. The summed E-state index contributed by atoms with van der Waals surface area (Å²) in [4.78, 5) is 56.6. The molecule has 4 aromatic rings. The van der Waals surface area contributed by atoms with E-state index < -0.39 is 29.7 Å². The second-order valence-corrected chi connectivity index (χ2v) is 10.5. The molecule has 2 saturated heterocycles. The fourth-order valence-electron chi connectivity index (χ4n) is 5.92. The third kappa shape index (κ3) is 4.16. The smallest absolute Gasteiger partial charge is 0.264 e. The molecule has 2 N–H and O–H groups in total. The van der Waals surface area contributed by atoms with Gasteiger partial charge in [-0.1, -0.05) is 6.07 Å². The maximum atomic E-state index is 13.7. The van der Waals surface area contributed by atoms with Gasteiger partial charge >= 0.3 is 0 Å². The molecule has 0 aliphatic carbocycles. The summed E-state index contributed by atoms with van der Waals surface area (Å²) in [5.74, 6) is -2.18. The van der Waals surface area contributed by atoms with E-state index in [4.69, 9.17) is 4.74 Å². The molecule has 5 heterocycles. The van der Waals surface area contributed by atoms with Crippen molar-refractivity contribution < 1.29 is 23.9 Å². The molecule has 2 aromatic heterocycles. The van der Waals surface area contributed by atoms with Crippen molar-refractivity contribution in [2.24, 2.45) is 0 Å². The lowest BCUT2D eigenvalue weighted by molar-refractivity contribution is -0.136. The maximum absolute atomic E-state index is 13.7. The molecule has 206 valence electrons. The van der Waals surface area contributed by atoms with E-state index in [0.717, 1.165) is 44.7 Å². The summed E-state index contributed by atoms with van der Waals surface area (Å²) >= 11 is 0. The third-order valence-corrected chi connectivity index (χ3v) is 7.93. The van der Waals surface area contributed by atoms with Crippen LogP contribution in [-0.2, 0) is 14.3 Å². The van der Waals surface area contributed by atoms with Gasteiger partial charge in [0.2, 0.25) is 11.8 Å². The Balaban J connectivity index is 1.31. The zero-order chi connectivity index (χ0) is 28.2. The predicted octanol–water partition coefficient (Wildman–Crippen LogP) is 3.51. The first-order chi connectivity index (χ1) is 19.9. The Kier molecular flexibility index (Phi) is 5.89. The number of nitrogens with zero attached hydrogens (tertiary/aromatic N) is 4. The molecular formula is C30H26N6O5. The van der Waals surface area contributed by atoms with Crippen LogP contribution in [-0.4, -0.2) is 62.5 Å². The molecule has 2 atom stereocenters. The Morgan fingerprint density at radius 2 is 1.88 bits per heavy atom. The Labute approximate surface area is 234 Å². The predicted molar refractivity (Wildman–Crippen MR) is 149 cm³/mol. The summed E-state index contributed by atoms with van der Waals surface area (Å²) in [6, 6.07) is 12.1. The monoisotopic (exact) mass is 550 g/mol. The van der Waals surface area contributed by atoms with Crippen LogP contribution < -0.4 is 10.6 Å². The van der Waals surface area contributed by atoms with E-state index in [0.29, 0.717) is 18.9 Å². The number of pyridine rings is 1. The van der Waals surface area contributed by atoms with Crippen molar-refractivity contribution in [1.29, 1.82) is 0 Å². The topological polar surface area (TPSA) is 136 Å². The fourth-order valence-corrected chi connectivity index (χ4v) is 5.92. The van der Waals surface area contributed by atoms with Gasteiger partial charge < -0.3 is 10.1 Å². The Hall–Kier alpha value is -4.90. The van der Waals surface area contributed by atoms with Crippen molar-refractivity contribution in [1.82, 2.24) is 25.0 Å². The number of aryl methyl sites for hydroxylation is 1. The lowest BCUT2D eigenvalue weighted by Gasteiger charge is -2.27. The van der Waals surface area contributed by atoms with Crippen molar-refractivity contribution in [2.75, 3.05) is 18.5 Å². The highest BCUT2D eigenvalue weighted by atomic mass is 16.5. The number of ether oxygens (including phenoxy) is 1. The highest BCUT2D eigenvalue weighted by Gasteiger charge is 2.45. The second-order valence-electron chi connectivity index (χ2n) is 10.5. The first-order valence-electron chi connectivity index (χ1n) is 13.5. The number of rotatable bonds is 5. The number of nitrogens with one attached hydrogen (secondary N) is 2. The van der Waals surface area contributed by atoms with E-state index in [9.17, 15) is 19.2 Å². The highest BCUT2D eigenvalue weighted by molar-refractivity contribution is 6.25. The average molecular weight is 551 g/mol. The number of anilines is 2. The SMILES string of the molecule is Cc1cc(-c2cc3c(cnn3[C@@H]3CCOC3)cc2Nc2cccc3c2C(=O)N(C2CCC(=O)NC2=O)C3=O)ccn1. The molecule has 7 rings (SSSR count). The molecule has 11 heteroatoms. The molecule has 0 radical (unpaired) electrons. The van der Waals surface area contributed by atoms with Gasteiger partial charge in [0.25, 0.3) is 11.8 Å². The minimum atomic E-state index is -1.04.